The second kappa shape index (κ2) is 5.56. The predicted octanol–water partition coefficient (Wildman–Crippen LogP) is 1.93. The highest BCUT2D eigenvalue weighted by Crippen LogP contribution is 2.17. The van der Waals surface area contributed by atoms with Crippen LogP contribution in [0, 0.1) is 0 Å². The molecule has 0 saturated carbocycles. The van der Waals surface area contributed by atoms with Crippen LogP contribution in [-0.4, -0.2) is 26.8 Å². The molecule has 1 heterocycles. The van der Waals surface area contributed by atoms with Gasteiger partial charge >= 0.3 is 5.97 Å². The first-order valence-electron chi connectivity index (χ1n) is 6.19. The Morgan fingerprint density at radius 2 is 2.05 bits per heavy atom. The van der Waals surface area contributed by atoms with Crippen molar-refractivity contribution in [1.82, 2.24) is 9.78 Å². The summed E-state index contributed by atoms with van der Waals surface area (Å²) in [6, 6.07) is 7.40. The van der Waals surface area contributed by atoms with E-state index in [9.17, 15) is 9.59 Å². The zero-order valence-corrected chi connectivity index (χ0v) is 11.3. The maximum Gasteiger partial charge on any atom is 0.339 e. The fourth-order valence-corrected chi connectivity index (χ4v) is 2.00. The maximum atomic E-state index is 12.3. The number of rotatable bonds is 4. The molecule has 2 aromatic rings. The first kappa shape index (κ1) is 13.8. The minimum Gasteiger partial charge on any atom is -0.478 e. The Hall–Kier alpha value is -2.63. The van der Waals surface area contributed by atoms with Crippen molar-refractivity contribution in [3.63, 3.8) is 0 Å². The molecule has 0 aliphatic heterocycles. The number of aromatic carboxylic acids is 1. The highest BCUT2D eigenvalue weighted by atomic mass is 16.4. The molecule has 104 valence electrons. The summed E-state index contributed by atoms with van der Waals surface area (Å²) >= 11 is 0. The fraction of sp³-hybridized carbons (Fsp3) is 0.214. The summed E-state index contributed by atoms with van der Waals surface area (Å²) in [5.74, 6) is -1.66. The molecule has 0 bridgehead atoms. The van der Waals surface area contributed by atoms with E-state index in [1.165, 1.54) is 17.9 Å². The van der Waals surface area contributed by atoms with Gasteiger partial charge in [-0.1, -0.05) is 25.1 Å². The summed E-state index contributed by atoms with van der Waals surface area (Å²) in [6.07, 6.45) is 1.94. The largest absolute Gasteiger partial charge is 0.478 e. The van der Waals surface area contributed by atoms with Crippen LogP contribution >= 0.6 is 0 Å². The molecule has 0 aliphatic carbocycles. The smallest absolute Gasteiger partial charge is 0.339 e. The monoisotopic (exact) mass is 273 g/mol. The summed E-state index contributed by atoms with van der Waals surface area (Å²) in [4.78, 5) is 23.3. The number of nitrogens with zero attached hydrogens (tertiary/aromatic N) is 2. The van der Waals surface area contributed by atoms with Gasteiger partial charge in [-0.3, -0.25) is 9.48 Å². The van der Waals surface area contributed by atoms with Gasteiger partial charge in [-0.05, 0) is 18.1 Å². The van der Waals surface area contributed by atoms with Crippen LogP contribution in [0.5, 0.6) is 0 Å². The van der Waals surface area contributed by atoms with Crippen molar-refractivity contribution in [2.24, 2.45) is 7.05 Å². The standard InChI is InChI=1S/C14H15N3O3/c1-3-9-6-4-5-7-11(9)16-13(18)12-10(14(19)20)8-15-17(12)2/h4-8H,3H2,1-2H3,(H,16,18)(H,19,20). The number of aryl methyl sites for hydroxylation is 2. The Labute approximate surface area is 116 Å². The van der Waals surface area contributed by atoms with Crippen molar-refractivity contribution in [1.29, 1.82) is 0 Å². The Morgan fingerprint density at radius 3 is 2.70 bits per heavy atom. The van der Waals surface area contributed by atoms with E-state index < -0.39 is 11.9 Å². The van der Waals surface area contributed by atoms with Crippen LogP contribution in [0.1, 0.15) is 33.3 Å². The number of carbonyl (C=O) groups is 2. The number of carbonyl (C=O) groups excluding carboxylic acids is 1. The number of aromatic nitrogens is 2. The van der Waals surface area contributed by atoms with E-state index in [4.69, 9.17) is 5.11 Å². The number of para-hydroxylation sites is 1. The first-order valence-corrected chi connectivity index (χ1v) is 6.19. The Morgan fingerprint density at radius 1 is 1.35 bits per heavy atom. The van der Waals surface area contributed by atoms with Gasteiger partial charge < -0.3 is 10.4 Å². The van der Waals surface area contributed by atoms with E-state index in [1.54, 1.807) is 6.07 Å². The molecular formula is C14H15N3O3. The van der Waals surface area contributed by atoms with E-state index in [-0.39, 0.29) is 11.3 Å². The number of carboxylic acids is 1. The molecule has 2 N–H and O–H groups in total. The molecule has 0 spiro atoms. The zero-order chi connectivity index (χ0) is 14.7. The Kier molecular flexibility index (Phi) is 3.84. The summed E-state index contributed by atoms with van der Waals surface area (Å²) in [5.41, 5.74) is 1.58. The van der Waals surface area contributed by atoms with Gasteiger partial charge in [0.1, 0.15) is 11.3 Å². The molecule has 0 radical (unpaired) electrons. The summed E-state index contributed by atoms with van der Waals surface area (Å²) < 4.78 is 1.26. The van der Waals surface area contributed by atoms with Crippen LogP contribution in [0.2, 0.25) is 0 Å². The van der Waals surface area contributed by atoms with Crippen molar-refractivity contribution < 1.29 is 14.7 Å². The number of hydrogen-bond acceptors (Lipinski definition) is 3. The van der Waals surface area contributed by atoms with Crippen molar-refractivity contribution in [2.45, 2.75) is 13.3 Å². The van der Waals surface area contributed by atoms with Gasteiger partial charge in [0.25, 0.3) is 5.91 Å². The normalized spacial score (nSPS) is 10.3. The first-order chi connectivity index (χ1) is 9.54. The van der Waals surface area contributed by atoms with Gasteiger partial charge in [0.15, 0.2) is 0 Å². The summed E-state index contributed by atoms with van der Waals surface area (Å²) in [7, 11) is 1.53. The Bertz CT molecular complexity index is 661. The van der Waals surface area contributed by atoms with Crippen LogP contribution < -0.4 is 5.32 Å². The molecule has 0 unspecified atom stereocenters. The van der Waals surface area contributed by atoms with E-state index >= 15 is 0 Å². The lowest BCUT2D eigenvalue weighted by Gasteiger charge is -2.10. The number of carboxylic acid groups (broad SMARTS) is 1. The van der Waals surface area contributed by atoms with Crippen LogP contribution in [0.4, 0.5) is 5.69 Å². The lowest BCUT2D eigenvalue weighted by atomic mass is 10.1. The number of amides is 1. The number of hydrogen-bond donors (Lipinski definition) is 2. The van der Waals surface area contributed by atoms with E-state index in [0.29, 0.717) is 5.69 Å². The fourth-order valence-electron chi connectivity index (χ4n) is 2.00. The lowest BCUT2D eigenvalue weighted by Crippen LogP contribution is -2.20. The summed E-state index contributed by atoms with van der Waals surface area (Å²) in [6.45, 7) is 1.98. The maximum absolute atomic E-state index is 12.3. The van der Waals surface area contributed by atoms with Gasteiger partial charge in [0, 0.05) is 12.7 Å². The van der Waals surface area contributed by atoms with E-state index in [2.05, 4.69) is 10.4 Å². The second-order valence-electron chi connectivity index (χ2n) is 4.30. The Balaban J connectivity index is 2.33. The molecule has 0 fully saturated rings. The number of nitrogens with one attached hydrogen (secondary N) is 1. The van der Waals surface area contributed by atoms with Crippen molar-refractivity contribution >= 4 is 17.6 Å². The van der Waals surface area contributed by atoms with Crippen LogP contribution in [0.25, 0.3) is 0 Å². The van der Waals surface area contributed by atoms with Gasteiger partial charge in [-0.25, -0.2) is 4.79 Å². The molecule has 2 rings (SSSR count). The topological polar surface area (TPSA) is 84.2 Å². The molecule has 6 heteroatoms. The molecule has 1 aromatic carbocycles. The molecule has 0 atom stereocenters. The lowest BCUT2D eigenvalue weighted by molar-refractivity contribution is 0.0692. The quantitative estimate of drug-likeness (QED) is 0.891. The minimum absolute atomic E-state index is 0.0309. The predicted molar refractivity (Wildman–Crippen MR) is 73.9 cm³/mol. The average molecular weight is 273 g/mol. The molecule has 6 nitrogen and oxygen atoms in total. The highest BCUT2D eigenvalue weighted by molar-refractivity contribution is 6.09. The second-order valence-corrected chi connectivity index (χ2v) is 4.30. The number of benzene rings is 1. The molecule has 0 aliphatic rings. The van der Waals surface area contributed by atoms with E-state index in [1.807, 2.05) is 25.1 Å². The minimum atomic E-state index is -1.17. The summed E-state index contributed by atoms with van der Waals surface area (Å²) in [5, 5.41) is 15.6. The molecular weight excluding hydrogens is 258 g/mol. The molecule has 1 amide bonds. The SMILES string of the molecule is CCc1ccccc1NC(=O)c1c(C(=O)O)cnn1C. The van der Waals surface area contributed by atoms with E-state index in [0.717, 1.165) is 12.0 Å². The van der Waals surface area contributed by atoms with Gasteiger partial charge in [0.2, 0.25) is 0 Å². The number of anilines is 1. The molecule has 0 saturated heterocycles. The molecule has 20 heavy (non-hydrogen) atoms. The van der Waals surface area contributed by atoms with Crippen molar-refractivity contribution in [3.8, 4) is 0 Å². The van der Waals surface area contributed by atoms with Gasteiger partial charge in [-0.2, -0.15) is 5.10 Å². The molecule has 1 aromatic heterocycles. The van der Waals surface area contributed by atoms with Gasteiger partial charge in [-0.15, -0.1) is 0 Å². The van der Waals surface area contributed by atoms with Crippen LogP contribution in [0.15, 0.2) is 30.5 Å². The zero-order valence-electron chi connectivity index (χ0n) is 11.3. The van der Waals surface area contributed by atoms with Gasteiger partial charge in [0.05, 0.1) is 6.20 Å². The van der Waals surface area contributed by atoms with Crippen LogP contribution in [-0.2, 0) is 13.5 Å². The third-order valence-corrected chi connectivity index (χ3v) is 3.03. The van der Waals surface area contributed by atoms with Crippen LogP contribution in [0.3, 0.4) is 0 Å². The highest BCUT2D eigenvalue weighted by Gasteiger charge is 2.22. The third-order valence-electron chi connectivity index (χ3n) is 3.03. The average Bonchev–Trinajstić information content (AvgIpc) is 2.81. The third kappa shape index (κ3) is 2.54. The van der Waals surface area contributed by atoms with Crippen molar-refractivity contribution in [2.75, 3.05) is 5.32 Å². The van der Waals surface area contributed by atoms with Crippen molar-refractivity contribution in [3.05, 3.63) is 47.3 Å².